The third-order valence-corrected chi connectivity index (χ3v) is 6.89. The summed E-state index contributed by atoms with van der Waals surface area (Å²) in [7, 11) is 0. The summed E-state index contributed by atoms with van der Waals surface area (Å²) >= 11 is 0. The zero-order valence-corrected chi connectivity index (χ0v) is 22.9. The number of rotatable bonds is 27. The van der Waals surface area contributed by atoms with Gasteiger partial charge in [-0.05, 0) is 13.3 Å². The van der Waals surface area contributed by atoms with Crippen LogP contribution >= 0.6 is 0 Å². The highest BCUT2D eigenvalue weighted by Gasteiger charge is 2.15. The number of carboxylic acids is 1. The summed E-state index contributed by atoms with van der Waals surface area (Å²) in [5.74, 6) is -1.48. The van der Waals surface area contributed by atoms with Crippen molar-refractivity contribution in [3.05, 3.63) is 0 Å². The van der Waals surface area contributed by atoms with E-state index in [0.29, 0.717) is 6.42 Å². The van der Waals surface area contributed by atoms with Crippen LogP contribution < -0.4 is 0 Å². The van der Waals surface area contributed by atoms with Crippen LogP contribution in [0.5, 0.6) is 0 Å². The SMILES string of the molecule is CCCCCCCCCCCCCCCCCCCCCCCCCCC(=O)OC(C)C(=O)O. The topological polar surface area (TPSA) is 63.6 Å². The lowest BCUT2D eigenvalue weighted by Crippen LogP contribution is -2.23. The normalized spacial score (nSPS) is 12.1. The minimum absolute atomic E-state index is 0.330. The lowest BCUT2D eigenvalue weighted by atomic mass is 10.0. The molecule has 0 aliphatic heterocycles. The summed E-state index contributed by atoms with van der Waals surface area (Å²) in [6, 6.07) is 0. The van der Waals surface area contributed by atoms with Crippen LogP contribution in [0.3, 0.4) is 0 Å². The molecule has 1 atom stereocenters. The Morgan fingerprint density at radius 3 is 1.06 bits per heavy atom. The monoisotopic (exact) mass is 482 g/mol. The Kier molecular flexibility index (Phi) is 25.7. The highest BCUT2D eigenvalue weighted by molar-refractivity contribution is 5.77. The van der Waals surface area contributed by atoms with E-state index in [0.717, 1.165) is 19.3 Å². The first kappa shape index (κ1) is 32.9. The Labute approximate surface area is 212 Å². The van der Waals surface area contributed by atoms with Gasteiger partial charge in [0.05, 0.1) is 0 Å². The van der Waals surface area contributed by atoms with E-state index in [-0.39, 0.29) is 0 Å². The molecule has 0 rings (SSSR count). The van der Waals surface area contributed by atoms with Crippen molar-refractivity contribution >= 4 is 11.9 Å². The number of carboxylic acid groups (broad SMARTS) is 1. The summed E-state index contributed by atoms with van der Waals surface area (Å²) in [6.07, 6.45) is 31.8. The van der Waals surface area contributed by atoms with Crippen molar-refractivity contribution in [1.82, 2.24) is 0 Å². The van der Waals surface area contributed by atoms with Crippen LogP contribution in [0, 0.1) is 0 Å². The molecule has 34 heavy (non-hydrogen) atoms. The standard InChI is InChI=1S/C30H58O4/c1-3-4-5-6-7-8-9-10-11-12-13-14-15-16-17-18-19-20-21-22-23-24-25-26-27-29(31)34-28(2)30(32)33/h28H,3-27H2,1-2H3,(H,32,33). The maximum absolute atomic E-state index is 11.5. The number of esters is 1. The number of ether oxygens (including phenoxy) is 1. The lowest BCUT2D eigenvalue weighted by Gasteiger charge is -2.08. The van der Waals surface area contributed by atoms with Crippen molar-refractivity contribution in [2.24, 2.45) is 0 Å². The van der Waals surface area contributed by atoms with Gasteiger partial charge in [-0.3, -0.25) is 4.79 Å². The van der Waals surface area contributed by atoms with Crippen molar-refractivity contribution in [2.45, 2.75) is 180 Å². The Bertz CT molecular complexity index is 449. The van der Waals surface area contributed by atoms with Gasteiger partial charge in [-0.1, -0.05) is 155 Å². The molecular formula is C30H58O4. The Morgan fingerprint density at radius 2 is 0.794 bits per heavy atom. The average molecular weight is 483 g/mol. The van der Waals surface area contributed by atoms with E-state index < -0.39 is 18.0 Å². The van der Waals surface area contributed by atoms with Crippen LogP contribution in [-0.2, 0) is 14.3 Å². The summed E-state index contributed by atoms with van der Waals surface area (Å²) in [5, 5.41) is 8.72. The molecule has 0 aliphatic rings. The second-order valence-electron chi connectivity index (χ2n) is 10.4. The highest BCUT2D eigenvalue weighted by Crippen LogP contribution is 2.16. The third-order valence-electron chi connectivity index (χ3n) is 6.89. The molecule has 0 radical (unpaired) electrons. The van der Waals surface area contributed by atoms with Gasteiger partial charge in [-0.2, -0.15) is 0 Å². The quantitative estimate of drug-likeness (QED) is 0.0934. The second kappa shape index (κ2) is 26.5. The fourth-order valence-electron chi connectivity index (χ4n) is 4.54. The molecule has 0 fully saturated rings. The van der Waals surface area contributed by atoms with Crippen LogP contribution in [0.25, 0.3) is 0 Å². The largest absolute Gasteiger partial charge is 0.479 e. The van der Waals surface area contributed by atoms with E-state index in [2.05, 4.69) is 6.92 Å². The van der Waals surface area contributed by atoms with Gasteiger partial charge < -0.3 is 9.84 Å². The average Bonchev–Trinajstić information content (AvgIpc) is 2.81. The second-order valence-corrected chi connectivity index (χ2v) is 10.4. The van der Waals surface area contributed by atoms with E-state index in [1.165, 1.54) is 142 Å². The van der Waals surface area contributed by atoms with Crippen molar-refractivity contribution in [3.8, 4) is 0 Å². The van der Waals surface area contributed by atoms with Gasteiger partial charge in [0, 0.05) is 6.42 Å². The van der Waals surface area contributed by atoms with E-state index in [4.69, 9.17) is 9.84 Å². The van der Waals surface area contributed by atoms with E-state index in [9.17, 15) is 9.59 Å². The first-order valence-electron chi connectivity index (χ1n) is 15.0. The molecule has 0 saturated carbocycles. The number of aliphatic carboxylic acids is 1. The van der Waals surface area contributed by atoms with E-state index in [1.54, 1.807) is 0 Å². The van der Waals surface area contributed by atoms with Crippen LogP contribution in [0.1, 0.15) is 174 Å². The number of hydrogen-bond donors (Lipinski definition) is 1. The molecule has 0 spiro atoms. The summed E-state index contributed by atoms with van der Waals surface area (Å²) in [4.78, 5) is 22.1. The summed E-state index contributed by atoms with van der Waals surface area (Å²) < 4.78 is 4.83. The maximum atomic E-state index is 11.5. The fraction of sp³-hybridized carbons (Fsp3) is 0.933. The van der Waals surface area contributed by atoms with Crippen molar-refractivity contribution in [2.75, 3.05) is 0 Å². The van der Waals surface area contributed by atoms with Crippen LogP contribution in [0.2, 0.25) is 0 Å². The van der Waals surface area contributed by atoms with Gasteiger partial charge in [-0.15, -0.1) is 0 Å². The molecule has 1 N–H and O–H groups in total. The van der Waals surface area contributed by atoms with Gasteiger partial charge in [0.1, 0.15) is 0 Å². The number of hydrogen-bond acceptors (Lipinski definition) is 3. The van der Waals surface area contributed by atoms with Gasteiger partial charge >= 0.3 is 11.9 Å². The molecule has 4 nitrogen and oxygen atoms in total. The zero-order valence-electron chi connectivity index (χ0n) is 22.9. The Morgan fingerprint density at radius 1 is 0.529 bits per heavy atom. The first-order chi connectivity index (χ1) is 16.6. The highest BCUT2D eigenvalue weighted by atomic mass is 16.6. The predicted octanol–water partition coefficient (Wildman–Crippen LogP) is 9.78. The van der Waals surface area contributed by atoms with Gasteiger partial charge in [-0.25, -0.2) is 4.79 Å². The maximum Gasteiger partial charge on any atom is 0.344 e. The number of carbonyl (C=O) groups is 2. The van der Waals surface area contributed by atoms with Crippen LogP contribution in [-0.4, -0.2) is 23.1 Å². The van der Waals surface area contributed by atoms with Gasteiger partial charge in [0.25, 0.3) is 0 Å². The molecule has 0 aromatic rings. The van der Waals surface area contributed by atoms with Gasteiger partial charge in [0.2, 0.25) is 0 Å². The molecule has 0 heterocycles. The summed E-state index contributed by atoms with van der Waals surface area (Å²) in [5.41, 5.74) is 0. The molecule has 1 unspecified atom stereocenters. The first-order valence-corrected chi connectivity index (χ1v) is 15.0. The molecule has 4 heteroatoms. The molecule has 0 aromatic carbocycles. The third kappa shape index (κ3) is 25.6. The zero-order chi connectivity index (χ0) is 25.1. The number of carbonyl (C=O) groups excluding carboxylic acids is 1. The molecule has 0 aliphatic carbocycles. The fourth-order valence-corrected chi connectivity index (χ4v) is 4.54. The summed E-state index contributed by atoms with van der Waals surface area (Å²) in [6.45, 7) is 3.68. The molecule has 0 amide bonds. The van der Waals surface area contributed by atoms with E-state index in [1.807, 2.05) is 0 Å². The van der Waals surface area contributed by atoms with Crippen molar-refractivity contribution in [3.63, 3.8) is 0 Å². The molecular weight excluding hydrogens is 424 g/mol. The molecule has 0 saturated heterocycles. The van der Waals surface area contributed by atoms with Crippen molar-refractivity contribution < 1.29 is 19.4 Å². The molecule has 0 bridgehead atoms. The van der Waals surface area contributed by atoms with Crippen LogP contribution in [0.4, 0.5) is 0 Å². The smallest absolute Gasteiger partial charge is 0.344 e. The Balaban J connectivity index is 3.13. The van der Waals surface area contributed by atoms with Crippen molar-refractivity contribution in [1.29, 1.82) is 0 Å². The van der Waals surface area contributed by atoms with Gasteiger partial charge in [0.15, 0.2) is 6.10 Å². The predicted molar refractivity (Wildman–Crippen MR) is 144 cm³/mol. The van der Waals surface area contributed by atoms with Crippen LogP contribution in [0.15, 0.2) is 0 Å². The molecule has 0 aromatic heterocycles. The number of unbranched alkanes of at least 4 members (excludes halogenated alkanes) is 23. The lowest BCUT2D eigenvalue weighted by molar-refractivity contribution is -0.162. The Hall–Kier alpha value is -1.06. The minimum Gasteiger partial charge on any atom is -0.479 e. The minimum atomic E-state index is -1.09. The molecule has 202 valence electrons. The van der Waals surface area contributed by atoms with E-state index >= 15 is 0 Å².